The highest BCUT2D eigenvalue weighted by Gasteiger charge is 2.16. The van der Waals surface area contributed by atoms with E-state index in [9.17, 15) is 9.18 Å². The van der Waals surface area contributed by atoms with Crippen LogP contribution in [0.15, 0.2) is 96.1 Å². The molecule has 0 fully saturated rings. The first-order valence-corrected chi connectivity index (χ1v) is 9.43. The zero-order chi connectivity index (χ0) is 20.9. The van der Waals surface area contributed by atoms with Crippen molar-refractivity contribution >= 4 is 28.1 Å². The van der Waals surface area contributed by atoms with Crippen LogP contribution in [0.3, 0.4) is 0 Å². The van der Waals surface area contributed by atoms with Gasteiger partial charge in [0, 0.05) is 21.9 Å². The molecule has 30 heavy (non-hydrogen) atoms. The minimum absolute atomic E-state index is 0.0973. The van der Waals surface area contributed by atoms with Crippen molar-refractivity contribution < 1.29 is 13.9 Å². The van der Waals surface area contributed by atoms with Crippen molar-refractivity contribution in [2.75, 3.05) is 12.5 Å². The molecule has 0 atom stereocenters. The van der Waals surface area contributed by atoms with Gasteiger partial charge in [-0.05, 0) is 12.1 Å². The Bertz CT molecular complexity index is 1180. The molecule has 0 unspecified atom stereocenters. The van der Waals surface area contributed by atoms with E-state index < -0.39 is 11.8 Å². The van der Waals surface area contributed by atoms with Crippen LogP contribution in [-0.2, 0) is 4.74 Å². The van der Waals surface area contributed by atoms with Crippen molar-refractivity contribution in [2.45, 2.75) is 0 Å². The standard InChI is InChI=1S/C25H19FN2O2/c1-30-25(29)21-16-15-19-20(23(21)26)13-8-14-22(19)27-28-24(17-9-4-2-5-10-17)18-11-6-3-7-12-18/h2-16,27H,1H3. The van der Waals surface area contributed by atoms with Gasteiger partial charge in [-0.2, -0.15) is 5.10 Å². The molecule has 4 nitrogen and oxygen atoms in total. The van der Waals surface area contributed by atoms with Crippen LogP contribution < -0.4 is 5.43 Å². The molecule has 0 saturated heterocycles. The van der Waals surface area contributed by atoms with Crippen LogP contribution >= 0.6 is 0 Å². The molecule has 0 bridgehead atoms. The number of carbonyl (C=O) groups excluding carboxylic acids is 1. The number of hydrogen-bond donors (Lipinski definition) is 1. The summed E-state index contributed by atoms with van der Waals surface area (Å²) in [6.45, 7) is 0. The van der Waals surface area contributed by atoms with Gasteiger partial charge in [-0.3, -0.25) is 5.43 Å². The van der Waals surface area contributed by atoms with Crippen LogP contribution in [0, 0.1) is 5.82 Å². The van der Waals surface area contributed by atoms with Crippen LogP contribution in [0.4, 0.5) is 10.1 Å². The lowest BCUT2D eigenvalue weighted by Gasteiger charge is -2.11. The topological polar surface area (TPSA) is 50.7 Å². The maximum atomic E-state index is 14.9. The Morgan fingerprint density at radius 3 is 2.03 bits per heavy atom. The number of halogens is 1. The molecule has 4 aromatic carbocycles. The largest absolute Gasteiger partial charge is 0.465 e. The average Bonchev–Trinajstić information content (AvgIpc) is 2.80. The first kappa shape index (κ1) is 19.3. The van der Waals surface area contributed by atoms with E-state index in [1.807, 2.05) is 66.7 Å². The maximum absolute atomic E-state index is 14.9. The van der Waals surface area contributed by atoms with E-state index in [1.165, 1.54) is 13.2 Å². The molecule has 0 spiro atoms. The van der Waals surface area contributed by atoms with Crippen LogP contribution in [0.2, 0.25) is 0 Å². The zero-order valence-electron chi connectivity index (χ0n) is 16.3. The number of hydrazone groups is 1. The Labute approximate surface area is 173 Å². The molecule has 148 valence electrons. The third-order valence-electron chi connectivity index (χ3n) is 4.78. The van der Waals surface area contributed by atoms with Gasteiger partial charge >= 0.3 is 5.97 Å². The minimum atomic E-state index is -0.707. The van der Waals surface area contributed by atoms with Gasteiger partial charge in [-0.25, -0.2) is 9.18 Å². The maximum Gasteiger partial charge on any atom is 0.340 e. The second-order valence-corrected chi connectivity index (χ2v) is 6.62. The van der Waals surface area contributed by atoms with E-state index >= 15 is 0 Å². The summed E-state index contributed by atoms with van der Waals surface area (Å²) in [5.74, 6) is -1.32. The summed E-state index contributed by atoms with van der Waals surface area (Å²) in [5, 5.41) is 5.58. The number of nitrogens with one attached hydrogen (secondary N) is 1. The number of carbonyl (C=O) groups is 1. The van der Waals surface area contributed by atoms with E-state index in [0.717, 1.165) is 16.8 Å². The fourth-order valence-electron chi connectivity index (χ4n) is 3.29. The Morgan fingerprint density at radius 1 is 0.800 bits per heavy atom. The fourth-order valence-corrected chi connectivity index (χ4v) is 3.29. The molecule has 4 aromatic rings. The number of methoxy groups -OCH3 is 1. The molecule has 0 aliphatic rings. The third-order valence-corrected chi connectivity index (χ3v) is 4.78. The number of rotatable bonds is 5. The lowest BCUT2D eigenvalue weighted by molar-refractivity contribution is 0.0596. The number of hydrogen-bond acceptors (Lipinski definition) is 4. The molecule has 0 aromatic heterocycles. The number of esters is 1. The predicted octanol–water partition coefficient (Wildman–Crippen LogP) is 5.63. The van der Waals surface area contributed by atoms with Crippen molar-refractivity contribution in [3.63, 3.8) is 0 Å². The van der Waals surface area contributed by atoms with Crippen LogP contribution in [0.1, 0.15) is 21.5 Å². The number of nitrogens with zero attached hydrogens (tertiary/aromatic N) is 1. The second kappa shape index (κ2) is 8.57. The molecule has 0 radical (unpaired) electrons. The summed E-state index contributed by atoms with van der Waals surface area (Å²) in [5.41, 5.74) is 6.29. The zero-order valence-corrected chi connectivity index (χ0v) is 16.3. The van der Waals surface area contributed by atoms with Crippen molar-refractivity contribution in [3.05, 3.63) is 114 Å². The van der Waals surface area contributed by atoms with Gasteiger partial charge < -0.3 is 4.74 Å². The Morgan fingerprint density at radius 2 is 1.43 bits per heavy atom. The van der Waals surface area contributed by atoms with Crippen molar-refractivity contribution in [1.82, 2.24) is 0 Å². The molecule has 1 N–H and O–H groups in total. The third kappa shape index (κ3) is 3.78. The van der Waals surface area contributed by atoms with Crippen molar-refractivity contribution in [1.29, 1.82) is 0 Å². The Balaban J connectivity index is 1.78. The van der Waals surface area contributed by atoms with E-state index in [0.29, 0.717) is 16.5 Å². The highest BCUT2D eigenvalue weighted by molar-refractivity contribution is 6.13. The normalized spacial score (nSPS) is 10.5. The summed E-state index contributed by atoms with van der Waals surface area (Å²) >= 11 is 0. The van der Waals surface area contributed by atoms with Gasteiger partial charge in [0.2, 0.25) is 0 Å². The Kier molecular flexibility index (Phi) is 5.52. The van der Waals surface area contributed by atoms with Gasteiger partial charge in [0.15, 0.2) is 0 Å². The first-order chi connectivity index (χ1) is 14.7. The second-order valence-electron chi connectivity index (χ2n) is 6.62. The van der Waals surface area contributed by atoms with Crippen molar-refractivity contribution in [2.24, 2.45) is 5.10 Å². The van der Waals surface area contributed by atoms with Gasteiger partial charge in [-0.15, -0.1) is 0 Å². The molecule has 0 saturated carbocycles. The molecule has 0 amide bonds. The van der Waals surface area contributed by atoms with E-state index in [-0.39, 0.29) is 5.56 Å². The fraction of sp³-hybridized carbons (Fsp3) is 0.0400. The number of benzene rings is 4. The smallest absolute Gasteiger partial charge is 0.340 e. The number of fused-ring (bicyclic) bond motifs is 1. The van der Waals surface area contributed by atoms with Crippen LogP contribution in [-0.4, -0.2) is 18.8 Å². The van der Waals surface area contributed by atoms with Crippen molar-refractivity contribution in [3.8, 4) is 0 Å². The predicted molar refractivity (Wildman–Crippen MR) is 117 cm³/mol. The van der Waals surface area contributed by atoms with Gasteiger partial charge in [0.05, 0.1) is 24.1 Å². The summed E-state index contributed by atoms with van der Waals surface area (Å²) in [6.07, 6.45) is 0. The number of anilines is 1. The molecule has 5 heteroatoms. The molecule has 4 rings (SSSR count). The molecular weight excluding hydrogens is 379 g/mol. The quantitative estimate of drug-likeness (QED) is 0.269. The van der Waals surface area contributed by atoms with Gasteiger partial charge in [-0.1, -0.05) is 78.9 Å². The average molecular weight is 398 g/mol. The van der Waals surface area contributed by atoms with E-state index in [2.05, 4.69) is 15.3 Å². The monoisotopic (exact) mass is 398 g/mol. The SMILES string of the molecule is COC(=O)c1ccc2c(NN=C(c3ccccc3)c3ccccc3)cccc2c1F. The lowest BCUT2D eigenvalue weighted by Crippen LogP contribution is -2.07. The summed E-state index contributed by atoms with van der Waals surface area (Å²) in [7, 11) is 1.23. The molecule has 0 aliphatic heterocycles. The van der Waals surface area contributed by atoms with Gasteiger partial charge in [0.1, 0.15) is 5.82 Å². The highest BCUT2D eigenvalue weighted by atomic mass is 19.1. The van der Waals surface area contributed by atoms with Gasteiger partial charge in [0.25, 0.3) is 0 Å². The first-order valence-electron chi connectivity index (χ1n) is 9.43. The summed E-state index contributed by atoms with van der Waals surface area (Å²) < 4.78 is 19.5. The number of ether oxygens (including phenoxy) is 1. The highest BCUT2D eigenvalue weighted by Crippen LogP contribution is 2.28. The summed E-state index contributed by atoms with van der Waals surface area (Å²) in [6, 6.07) is 27.9. The summed E-state index contributed by atoms with van der Waals surface area (Å²) in [4.78, 5) is 11.8. The Hall–Kier alpha value is -3.99. The van der Waals surface area contributed by atoms with E-state index in [4.69, 9.17) is 0 Å². The molecule has 0 heterocycles. The lowest BCUT2D eigenvalue weighted by atomic mass is 10.0. The van der Waals surface area contributed by atoms with Crippen LogP contribution in [0.5, 0.6) is 0 Å². The minimum Gasteiger partial charge on any atom is -0.465 e. The van der Waals surface area contributed by atoms with Crippen LogP contribution in [0.25, 0.3) is 10.8 Å². The molecule has 0 aliphatic carbocycles. The van der Waals surface area contributed by atoms with E-state index in [1.54, 1.807) is 18.2 Å². The molecular formula is C25H19FN2O2.